The molecule has 0 saturated heterocycles. The zero-order valence-corrected chi connectivity index (χ0v) is 9.01. The second-order valence-electron chi connectivity index (χ2n) is 2.90. The van der Waals surface area contributed by atoms with Crippen LogP contribution in [0.5, 0.6) is 0 Å². The van der Waals surface area contributed by atoms with Crippen molar-refractivity contribution >= 4 is 0 Å². The molecular weight excluding hydrogens is 184 g/mol. The number of ether oxygens (including phenoxy) is 2. The molecule has 0 aromatic carbocycles. The Balaban J connectivity index is 0.000000500. The first-order valence-electron chi connectivity index (χ1n) is 4.90. The predicted octanol–water partition coefficient (Wildman–Crippen LogP) is 0.683. The van der Waals surface area contributed by atoms with Gasteiger partial charge in [0.25, 0.3) is 0 Å². The van der Waals surface area contributed by atoms with Crippen molar-refractivity contribution in [2.75, 3.05) is 13.2 Å². The summed E-state index contributed by atoms with van der Waals surface area (Å²) in [6.45, 7) is 6.31. The quantitative estimate of drug-likeness (QED) is 0.694. The third-order valence-corrected chi connectivity index (χ3v) is 1.73. The smallest absolute Gasteiger partial charge is 0.124 e. The maximum Gasteiger partial charge on any atom is 0.124 e. The van der Waals surface area contributed by atoms with Crippen molar-refractivity contribution < 1.29 is 19.7 Å². The van der Waals surface area contributed by atoms with E-state index in [1.165, 1.54) is 6.26 Å². The normalized spacial score (nSPS) is 30.2. The molecule has 0 radical (unpaired) electrons. The minimum atomic E-state index is -0.529. The number of hydrogen-bond acceptors (Lipinski definition) is 4. The van der Waals surface area contributed by atoms with Gasteiger partial charge < -0.3 is 19.7 Å². The molecule has 0 amide bonds. The molecule has 3 atom stereocenters. The van der Waals surface area contributed by atoms with Crippen LogP contribution in [-0.4, -0.2) is 41.7 Å². The molecule has 1 aliphatic heterocycles. The monoisotopic (exact) mass is 204 g/mol. The lowest BCUT2D eigenvalue weighted by atomic mass is 10.1. The molecule has 2 unspecified atom stereocenters. The van der Waals surface area contributed by atoms with E-state index in [2.05, 4.69) is 0 Å². The van der Waals surface area contributed by atoms with Gasteiger partial charge in [-0.05, 0) is 26.8 Å². The fourth-order valence-corrected chi connectivity index (χ4v) is 1.14. The van der Waals surface area contributed by atoms with Crippen molar-refractivity contribution in [1.29, 1.82) is 0 Å². The highest BCUT2D eigenvalue weighted by atomic mass is 16.5. The largest absolute Gasteiger partial charge is 0.496 e. The van der Waals surface area contributed by atoms with Crippen molar-refractivity contribution in [2.24, 2.45) is 0 Å². The Kier molecular flexibility index (Phi) is 7.47. The van der Waals surface area contributed by atoms with Crippen LogP contribution in [-0.2, 0) is 9.47 Å². The summed E-state index contributed by atoms with van der Waals surface area (Å²) in [4.78, 5) is 0. The average molecular weight is 204 g/mol. The predicted molar refractivity (Wildman–Crippen MR) is 53.9 cm³/mol. The number of hydrogen-bond donors (Lipinski definition) is 2. The van der Waals surface area contributed by atoms with Crippen LogP contribution in [0, 0.1) is 0 Å². The standard InChI is InChI=1S/C8H14O3.C2H6O/c1-3-10-8-6(2)11-5-4-7(8)9;1-2-3/h4-9H,3H2,1-2H3;3H,2H2,1H3/t6?,7?,8-;/m1./s1. The second-order valence-corrected chi connectivity index (χ2v) is 2.90. The van der Waals surface area contributed by atoms with Crippen LogP contribution in [0.4, 0.5) is 0 Å². The fourth-order valence-electron chi connectivity index (χ4n) is 1.14. The third kappa shape index (κ3) is 4.60. The number of rotatable bonds is 2. The molecule has 2 N–H and O–H groups in total. The van der Waals surface area contributed by atoms with Gasteiger partial charge in [-0.25, -0.2) is 0 Å². The Labute approximate surface area is 85.1 Å². The molecule has 0 fully saturated rings. The summed E-state index contributed by atoms with van der Waals surface area (Å²) in [6, 6.07) is 0. The Bertz CT molecular complexity index is 158. The summed E-state index contributed by atoms with van der Waals surface area (Å²) in [5.41, 5.74) is 0. The van der Waals surface area contributed by atoms with Crippen LogP contribution in [0.2, 0.25) is 0 Å². The first-order valence-corrected chi connectivity index (χ1v) is 4.90. The van der Waals surface area contributed by atoms with E-state index in [4.69, 9.17) is 14.6 Å². The number of aliphatic hydroxyl groups is 2. The van der Waals surface area contributed by atoms with Crippen LogP contribution in [0.15, 0.2) is 12.3 Å². The molecule has 84 valence electrons. The van der Waals surface area contributed by atoms with Gasteiger partial charge in [0.1, 0.15) is 18.3 Å². The first-order chi connectivity index (χ1) is 6.67. The lowest BCUT2D eigenvalue weighted by Gasteiger charge is -2.29. The van der Waals surface area contributed by atoms with Gasteiger partial charge in [0, 0.05) is 13.2 Å². The van der Waals surface area contributed by atoms with Crippen LogP contribution < -0.4 is 0 Å². The Hall–Kier alpha value is -0.580. The molecule has 0 aliphatic carbocycles. The molecular formula is C10H20O4. The first kappa shape index (κ1) is 13.4. The highest BCUT2D eigenvalue weighted by Crippen LogP contribution is 2.14. The topological polar surface area (TPSA) is 58.9 Å². The molecule has 0 spiro atoms. The average Bonchev–Trinajstić information content (AvgIpc) is 2.13. The van der Waals surface area contributed by atoms with Crippen LogP contribution in [0.25, 0.3) is 0 Å². The van der Waals surface area contributed by atoms with E-state index in [-0.39, 0.29) is 18.8 Å². The van der Waals surface area contributed by atoms with E-state index in [1.54, 1.807) is 13.0 Å². The zero-order chi connectivity index (χ0) is 11.0. The molecule has 1 rings (SSSR count). The summed E-state index contributed by atoms with van der Waals surface area (Å²) in [5, 5.41) is 16.9. The van der Waals surface area contributed by atoms with Crippen molar-refractivity contribution in [3.8, 4) is 0 Å². The molecule has 0 bridgehead atoms. The molecule has 0 aromatic heterocycles. The van der Waals surface area contributed by atoms with E-state index < -0.39 is 6.10 Å². The third-order valence-electron chi connectivity index (χ3n) is 1.73. The van der Waals surface area contributed by atoms with E-state index >= 15 is 0 Å². The van der Waals surface area contributed by atoms with E-state index in [0.29, 0.717) is 6.61 Å². The Morgan fingerprint density at radius 2 is 2.00 bits per heavy atom. The maximum atomic E-state index is 9.38. The lowest BCUT2D eigenvalue weighted by molar-refractivity contribution is -0.0915. The summed E-state index contributed by atoms with van der Waals surface area (Å²) < 4.78 is 10.4. The van der Waals surface area contributed by atoms with Crippen molar-refractivity contribution in [3.63, 3.8) is 0 Å². The van der Waals surface area contributed by atoms with Crippen molar-refractivity contribution in [3.05, 3.63) is 12.3 Å². The molecule has 14 heavy (non-hydrogen) atoms. The van der Waals surface area contributed by atoms with Crippen molar-refractivity contribution in [1.82, 2.24) is 0 Å². The van der Waals surface area contributed by atoms with Gasteiger partial charge in [0.15, 0.2) is 0 Å². The summed E-state index contributed by atoms with van der Waals surface area (Å²) in [6.07, 6.45) is 2.31. The second kappa shape index (κ2) is 7.79. The highest BCUT2D eigenvalue weighted by Gasteiger charge is 2.27. The molecule has 1 aliphatic rings. The van der Waals surface area contributed by atoms with Gasteiger partial charge in [-0.2, -0.15) is 0 Å². The van der Waals surface area contributed by atoms with Gasteiger partial charge in [-0.15, -0.1) is 0 Å². The summed E-state index contributed by atoms with van der Waals surface area (Å²) >= 11 is 0. The fraction of sp³-hybridized carbons (Fsp3) is 0.800. The SMILES string of the molecule is CCO.CCO[C@H]1C(O)C=COC1C. The Morgan fingerprint density at radius 3 is 2.43 bits per heavy atom. The van der Waals surface area contributed by atoms with Crippen LogP contribution in [0.3, 0.4) is 0 Å². The Morgan fingerprint density at radius 1 is 1.43 bits per heavy atom. The van der Waals surface area contributed by atoms with E-state index in [9.17, 15) is 5.11 Å². The van der Waals surface area contributed by atoms with Gasteiger partial charge in [-0.3, -0.25) is 0 Å². The summed E-state index contributed by atoms with van der Waals surface area (Å²) in [5.74, 6) is 0. The molecule has 4 heteroatoms. The molecule has 0 saturated carbocycles. The zero-order valence-electron chi connectivity index (χ0n) is 9.01. The number of aliphatic hydroxyl groups excluding tert-OH is 2. The van der Waals surface area contributed by atoms with E-state index in [0.717, 1.165) is 0 Å². The van der Waals surface area contributed by atoms with Crippen molar-refractivity contribution in [2.45, 2.75) is 39.1 Å². The molecule has 0 aromatic rings. The van der Waals surface area contributed by atoms with Gasteiger partial charge in [0.2, 0.25) is 0 Å². The van der Waals surface area contributed by atoms with Crippen LogP contribution in [0.1, 0.15) is 20.8 Å². The maximum absolute atomic E-state index is 9.38. The highest BCUT2D eigenvalue weighted by molar-refractivity contribution is 4.96. The lowest BCUT2D eigenvalue weighted by Crippen LogP contribution is -2.40. The minimum Gasteiger partial charge on any atom is -0.496 e. The van der Waals surface area contributed by atoms with Crippen LogP contribution >= 0.6 is 0 Å². The van der Waals surface area contributed by atoms with Gasteiger partial charge in [0.05, 0.1) is 6.26 Å². The summed E-state index contributed by atoms with van der Waals surface area (Å²) in [7, 11) is 0. The minimum absolute atomic E-state index is 0.0602. The molecule has 1 heterocycles. The van der Waals surface area contributed by atoms with Gasteiger partial charge >= 0.3 is 0 Å². The molecule has 4 nitrogen and oxygen atoms in total. The van der Waals surface area contributed by atoms with E-state index in [1.807, 2.05) is 13.8 Å². The van der Waals surface area contributed by atoms with Gasteiger partial charge in [-0.1, -0.05) is 0 Å².